The lowest BCUT2D eigenvalue weighted by molar-refractivity contribution is 0.200. The van der Waals surface area contributed by atoms with Crippen LogP contribution in [0.1, 0.15) is 11.1 Å². The topological polar surface area (TPSA) is 21.3 Å². The average Bonchev–Trinajstić information content (AvgIpc) is 2.25. The van der Waals surface area contributed by atoms with Gasteiger partial charge in [0.25, 0.3) is 0 Å². The molecule has 0 heterocycles. The molecule has 0 radical (unpaired) electrons. The minimum atomic E-state index is 0.762. The van der Waals surface area contributed by atoms with Crippen LogP contribution in [0.2, 0.25) is 0 Å². The van der Waals surface area contributed by atoms with Crippen LogP contribution in [0.5, 0.6) is 0 Å². The van der Waals surface area contributed by atoms with Gasteiger partial charge < -0.3 is 10.1 Å². The zero-order chi connectivity index (χ0) is 10.9. The van der Waals surface area contributed by atoms with Gasteiger partial charge in [0, 0.05) is 20.2 Å². The van der Waals surface area contributed by atoms with E-state index < -0.39 is 0 Å². The van der Waals surface area contributed by atoms with Gasteiger partial charge in [0.15, 0.2) is 0 Å². The largest absolute Gasteiger partial charge is 0.383 e. The number of methoxy groups -OCH3 is 1. The van der Waals surface area contributed by atoms with Gasteiger partial charge in [-0.3, -0.25) is 0 Å². The molecule has 1 aromatic carbocycles. The molecule has 2 heteroatoms. The third kappa shape index (κ3) is 4.77. The van der Waals surface area contributed by atoms with Crippen LogP contribution in [0.3, 0.4) is 0 Å². The van der Waals surface area contributed by atoms with Gasteiger partial charge in [-0.2, -0.15) is 0 Å². The smallest absolute Gasteiger partial charge is 0.0587 e. The summed E-state index contributed by atoms with van der Waals surface area (Å²) in [6.45, 7) is 4.67. The fraction of sp³-hybridized carbons (Fsp3) is 0.385. The van der Waals surface area contributed by atoms with E-state index in [9.17, 15) is 0 Å². The Kier molecular flexibility index (Phi) is 5.74. The van der Waals surface area contributed by atoms with Crippen molar-refractivity contribution in [2.24, 2.45) is 0 Å². The van der Waals surface area contributed by atoms with E-state index in [2.05, 4.69) is 48.7 Å². The summed E-state index contributed by atoms with van der Waals surface area (Å²) in [6.07, 6.45) is 4.28. The molecular formula is C13H19NO. The minimum Gasteiger partial charge on any atom is -0.383 e. The zero-order valence-electron chi connectivity index (χ0n) is 9.49. The number of aryl methyl sites for hydroxylation is 1. The average molecular weight is 205 g/mol. The lowest BCUT2D eigenvalue weighted by atomic mass is 10.1. The highest BCUT2D eigenvalue weighted by Gasteiger charge is 1.89. The molecule has 1 aromatic rings. The summed E-state index contributed by atoms with van der Waals surface area (Å²) in [5, 5.41) is 3.26. The van der Waals surface area contributed by atoms with Crippen LogP contribution in [0.4, 0.5) is 0 Å². The van der Waals surface area contributed by atoms with Gasteiger partial charge in [-0.05, 0) is 18.1 Å². The molecule has 15 heavy (non-hydrogen) atoms. The normalized spacial score (nSPS) is 11.1. The standard InChI is InChI=1S/C13H19NO/c1-12-6-3-4-7-13(12)8-5-9-14-10-11-15-2/h3-8,14H,9-11H2,1-2H3. The maximum absolute atomic E-state index is 4.94. The molecule has 0 amide bonds. The first-order chi connectivity index (χ1) is 7.34. The molecule has 0 aromatic heterocycles. The first-order valence-electron chi connectivity index (χ1n) is 5.26. The summed E-state index contributed by atoms with van der Waals surface area (Å²) in [7, 11) is 1.71. The minimum absolute atomic E-state index is 0.762. The Labute approximate surface area is 92.0 Å². The van der Waals surface area contributed by atoms with Gasteiger partial charge in [0.05, 0.1) is 6.61 Å². The summed E-state index contributed by atoms with van der Waals surface area (Å²) in [6, 6.07) is 8.37. The van der Waals surface area contributed by atoms with Gasteiger partial charge in [-0.15, -0.1) is 0 Å². The maximum Gasteiger partial charge on any atom is 0.0587 e. The van der Waals surface area contributed by atoms with E-state index in [-0.39, 0.29) is 0 Å². The van der Waals surface area contributed by atoms with E-state index in [0.29, 0.717) is 0 Å². The summed E-state index contributed by atoms with van der Waals surface area (Å²) in [5.74, 6) is 0. The third-order valence-electron chi connectivity index (χ3n) is 2.23. The summed E-state index contributed by atoms with van der Waals surface area (Å²) in [4.78, 5) is 0. The first kappa shape index (κ1) is 12.0. The van der Waals surface area contributed by atoms with Crippen molar-refractivity contribution in [1.29, 1.82) is 0 Å². The monoisotopic (exact) mass is 205 g/mol. The Hall–Kier alpha value is -1.12. The van der Waals surface area contributed by atoms with Crippen LogP contribution >= 0.6 is 0 Å². The summed E-state index contributed by atoms with van der Waals surface area (Å²) in [5.41, 5.74) is 2.59. The predicted octanol–water partition coefficient (Wildman–Crippen LogP) is 2.24. The van der Waals surface area contributed by atoms with Crippen molar-refractivity contribution in [3.05, 3.63) is 41.5 Å². The number of nitrogens with one attached hydrogen (secondary N) is 1. The fourth-order valence-corrected chi connectivity index (χ4v) is 1.32. The molecule has 0 saturated heterocycles. The quantitative estimate of drug-likeness (QED) is 0.719. The number of rotatable bonds is 6. The summed E-state index contributed by atoms with van der Waals surface area (Å²) < 4.78 is 4.94. The Morgan fingerprint density at radius 1 is 1.33 bits per heavy atom. The van der Waals surface area contributed by atoms with Crippen molar-refractivity contribution >= 4 is 6.08 Å². The molecule has 0 bridgehead atoms. The predicted molar refractivity (Wildman–Crippen MR) is 65.0 cm³/mol. The lowest BCUT2D eigenvalue weighted by Crippen LogP contribution is -2.18. The molecule has 0 saturated carbocycles. The molecule has 1 rings (SSSR count). The molecule has 1 N–H and O–H groups in total. The van der Waals surface area contributed by atoms with Crippen LogP contribution in [-0.2, 0) is 4.74 Å². The molecule has 0 unspecified atom stereocenters. The molecule has 0 aliphatic carbocycles. The highest BCUT2D eigenvalue weighted by Crippen LogP contribution is 2.08. The van der Waals surface area contributed by atoms with Crippen molar-refractivity contribution in [2.75, 3.05) is 26.8 Å². The second-order valence-electron chi connectivity index (χ2n) is 3.46. The molecule has 0 fully saturated rings. The van der Waals surface area contributed by atoms with Gasteiger partial charge in [-0.1, -0.05) is 36.4 Å². The summed E-state index contributed by atoms with van der Waals surface area (Å²) >= 11 is 0. The molecule has 0 spiro atoms. The Morgan fingerprint density at radius 3 is 2.87 bits per heavy atom. The number of hydrogen-bond acceptors (Lipinski definition) is 2. The molecule has 82 valence electrons. The van der Waals surface area contributed by atoms with Gasteiger partial charge in [-0.25, -0.2) is 0 Å². The van der Waals surface area contributed by atoms with Crippen molar-refractivity contribution in [1.82, 2.24) is 5.32 Å². The third-order valence-corrected chi connectivity index (χ3v) is 2.23. The molecule has 0 aliphatic heterocycles. The van der Waals surface area contributed by atoms with E-state index in [1.807, 2.05) is 0 Å². The highest BCUT2D eigenvalue weighted by atomic mass is 16.5. The first-order valence-corrected chi connectivity index (χ1v) is 5.26. The van der Waals surface area contributed by atoms with E-state index in [4.69, 9.17) is 4.74 Å². The lowest BCUT2D eigenvalue weighted by Gasteiger charge is -2.00. The van der Waals surface area contributed by atoms with E-state index in [1.165, 1.54) is 11.1 Å². The van der Waals surface area contributed by atoms with Crippen molar-refractivity contribution in [3.63, 3.8) is 0 Å². The zero-order valence-corrected chi connectivity index (χ0v) is 9.49. The Morgan fingerprint density at radius 2 is 2.13 bits per heavy atom. The number of hydrogen-bond donors (Lipinski definition) is 1. The van der Waals surface area contributed by atoms with E-state index >= 15 is 0 Å². The highest BCUT2D eigenvalue weighted by molar-refractivity contribution is 5.53. The fourth-order valence-electron chi connectivity index (χ4n) is 1.32. The van der Waals surface area contributed by atoms with Crippen LogP contribution in [0, 0.1) is 6.92 Å². The second-order valence-corrected chi connectivity index (χ2v) is 3.46. The van der Waals surface area contributed by atoms with Crippen LogP contribution < -0.4 is 5.32 Å². The van der Waals surface area contributed by atoms with E-state index in [1.54, 1.807) is 7.11 Å². The molecular weight excluding hydrogens is 186 g/mol. The maximum atomic E-state index is 4.94. The van der Waals surface area contributed by atoms with Crippen molar-refractivity contribution in [2.45, 2.75) is 6.92 Å². The molecule has 0 atom stereocenters. The molecule has 2 nitrogen and oxygen atoms in total. The number of benzene rings is 1. The Bertz CT molecular complexity index is 307. The number of ether oxygens (including phenoxy) is 1. The van der Waals surface area contributed by atoms with Crippen LogP contribution in [0.15, 0.2) is 30.3 Å². The van der Waals surface area contributed by atoms with Gasteiger partial charge in [0.2, 0.25) is 0 Å². The second kappa shape index (κ2) is 7.21. The SMILES string of the molecule is COCCNCC=Cc1ccccc1C. The van der Waals surface area contributed by atoms with Crippen molar-refractivity contribution in [3.8, 4) is 0 Å². The molecule has 0 aliphatic rings. The van der Waals surface area contributed by atoms with Gasteiger partial charge in [0.1, 0.15) is 0 Å². The van der Waals surface area contributed by atoms with Gasteiger partial charge >= 0.3 is 0 Å². The van der Waals surface area contributed by atoms with Crippen LogP contribution in [-0.4, -0.2) is 26.8 Å². The van der Waals surface area contributed by atoms with Crippen molar-refractivity contribution < 1.29 is 4.74 Å². The Balaban J connectivity index is 2.29. The van der Waals surface area contributed by atoms with E-state index in [0.717, 1.165) is 19.7 Å². The van der Waals surface area contributed by atoms with Crippen LogP contribution in [0.25, 0.3) is 6.08 Å².